The first-order valence-corrected chi connectivity index (χ1v) is 6.56. The number of hydroxylamine groups is 2. The molecule has 1 N–H and O–H groups in total. The van der Waals surface area contributed by atoms with E-state index in [-0.39, 0.29) is 6.61 Å². The van der Waals surface area contributed by atoms with Gasteiger partial charge in [0.15, 0.2) is 0 Å². The molecule has 0 bridgehead atoms. The SMILES string of the molecule is COc1cccc(CC(CO)N(C=O)OC(C)(C)C)c1. The summed E-state index contributed by atoms with van der Waals surface area (Å²) in [6.45, 7) is 5.38. The number of benzene rings is 1. The highest BCUT2D eigenvalue weighted by Crippen LogP contribution is 2.18. The lowest BCUT2D eigenvalue weighted by molar-refractivity contribution is -0.235. The van der Waals surface area contributed by atoms with Gasteiger partial charge in [-0.05, 0) is 44.9 Å². The molecule has 1 aromatic carbocycles. The quantitative estimate of drug-likeness (QED) is 0.611. The highest BCUT2D eigenvalue weighted by atomic mass is 16.7. The third kappa shape index (κ3) is 5.19. The van der Waals surface area contributed by atoms with Crippen molar-refractivity contribution in [3.63, 3.8) is 0 Å². The van der Waals surface area contributed by atoms with Crippen molar-refractivity contribution < 1.29 is 19.5 Å². The molecule has 0 heterocycles. The zero-order chi connectivity index (χ0) is 15.2. The number of amides is 1. The predicted octanol–water partition coefficient (Wildman–Crippen LogP) is 1.79. The van der Waals surface area contributed by atoms with Crippen molar-refractivity contribution >= 4 is 6.41 Å². The maximum Gasteiger partial charge on any atom is 0.233 e. The predicted molar refractivity (Wildman–Crippen MR) is 76.3 cm³/mol. The van der Waals surface area contributed by atoms with Gasteiger partial charge in [0.25, 0.3) is 0 Å². The van der Waals surface area contributed by atoms with Crippen molar-refractivity contribution in [1.82, 2.24) is 5.06 Å². The van der Waals surface area contributed by atoms with Crippen molar-refractivity contribution in [3.05, 3.63) is 29.8 Å². The molecule has 0 saturated carbocycles. The Balaban J connectivity index is 2.80. The van der Waals surface area contributed by atoms with Gasteiger partial charge in [-0.2, -0.15) is 0 Å². The molecule has 112 valence electrons. The van der Waals surface area contributed by atoms with Gasteiger partial charge in [-0.1, -0.05) is 12.1 Å². The summed E-state index contributed by atoms with van der Waals surface area (Å²) in [6, 6.07) is 7.09. The Kier molecular flexibility index (Phi) is 5.98. The van der Waals surface area contributed by atoms with Crippen LogP contribution < -0.4 is 4.74 Å². The van der Waals surface area contributed by atoms with Crippen LogP contribution in [0.3, 0.4) is 0 Å². The zero-order valence-corrected chi connectivity index (χ0v) is 12.5. The number of aliphatic hydroxyl groups is 1. The zero-order valence-electron chi connectivity index (χ0n) is 12.5. The van der Waals surface area contributed by atoms with Gasteiger partial charge in [0.05, 0.1) is 25.4 Å². The standard InChI is InChI=1S/C15H23NO4/c1-15(2,3)20-16(11-18)13(10-17)8-12-6-5-7-14(9-12)19-4/h5-7,9,11,13,17H,8,10H2,1-4H3. The maximum atomic E-state index is 11.2. The lowest BCUT2D eigenvalue weighted by atomic mass is 10.1. The molecule has 20 heavy (non-hydrogen) atoms. The first-order valence-electron chi connectivity index (χ1n) is 6.56. The number of rotatable bonds is 7. The fourth-order valence-corrected chi connectivity index (χ4v) is 1.80. The van der Waals surface area contributed by atoms with Crippen LogP contribution in [0.1, 0.15) is 26.3 Å². The van der Waals surface area contributed by atoms with Crippen LogP contribution in [-0.4, -0.2) is 41.9 Å². The Labute approximate surface area is 120 Å². The molecule has 1 amide bonds. The molecule has 1 aromatic rings. The summed E-state index contributed by atoms with van der Waals surface area (Å²) in [5.41, 5.74) is 0.468. The second kappa shape index (κ2) is 7.26. The Hall–Kier alpha value is -1.59. The van der Waals surface area contributed by atoms with Gasteiger partial charge >= 0.3 is 0 Å². The van der Waals surface area contributed by atoms with E-state index >= 15 is 0 Å². The highest BCUT2D eigenvalue weighted by molar-refractivity contribution is 5.46. The molecule has 1 rings (SSSR count). The summed E-state index contributed by atoms with van der Waals surface area (Å²) < 4.78 is 5.16. The second-order valence-electron chi connectivity index (χ2n) is 5.56. The third-order valence-electron chi connectivity index (χ3n) is 2.66. The van der Waals surface area contributed by atoms with Crippen LogP contribution in [0, 0.1) is 0 Å². The molecule has 0 saturated heterocycles. The van der Waals surface area contributed by atoms with Gasteiger partial charge in [-0.25, -0.2) is 5.06 Å². The molecule has 5 heteroatoms. The first-order chi connectivity index (χ1) is 9.39. The molecule has 5 nitrogen and oxygen atoms in total. The number of ether oxygens (including phenoxy) is 1. The van der Waals surface area contributed by atoms with Crippen LogP contribution in [0.15, 0.2) is 24.3 Å². The Morgan fingerprint density at radius 1 is 1.40 bits per heavy atom. The van der Waals surface area contributed by atoms with Gasteiger partial charge in [0.1, 0.15) is 5.75 Å². The number of hydrogen-bond donors (Lipinski definition) is 1. The number of hydrogen-bond acceptors (Lipinski definition) is 4. The summed E-state index contributed by atoms with van der Waals surface area (Å²) in [7, 11) is 1.60. The molecular formula is C15H23NO4. The summed E-state index contributed by atoms with van der Waals surface area (Å²) in [6.07, 6.45) is 1.09. The lowest BCUT2D eigenvalue weighted by Gasteiger charge is -2.32. The van der Waals surface area contributed by atoms with Crippen LogP contribution in [0.5, 0.6) is 5.75 Å². The van der Waals surface area contributed by atoms with Crippen LogP contribution >= 0.6 is 0 Å². The molecule has 0 aliphatic heterocycles. The van der Waals surface area contributed by atoms with Crippen LogP contribution in [0.2, 0.25) is 0 Å². The Morgan fingerprint density at radius 2 is 2.10 bits per heavy atom. The van der Waals surface area contributed by atoms with Crippen molar-refractivity contribution in [3.8, 4) is 5.75 Å². The first kappa shape index (κ1) is 16.5. The number of nitrogens with zero attached hydrogens (tertiary/aromatic N) is 1. The fourth-order valence-electron chi connectivity index (χ4n) is 1.80. The summed E-state index contributed by atoms with van der Waals surface area (Å²) in [5, 5.41) is 10.7. The number of aliphatic hydroxyl groups excluding tert-OH is 1. The van der Waals surface area contributed by atoms with E-state index in [0.717, 1.165) is 11.3 Å². The number of carbonyl (C=O) groups excluding carboxylic acids is 1. The van der Waals surface area contributed by atoms with Crippen molar-refractivity contribution in [2.24, 2.45) is 0 Å². The van der Waals surface area contributed by atoms with E-state index in [2.05, 4.69) is 0 Å². The van der Waals surface area contributed by atoms with Crippen LogP contribution in [0.25, 0.3) is 0 Å². The molecule has 0 fully saturated rings. The average molecular weight is 281 g/mol. The lowest BCUT2D eigenvalue weighted by Crippen LogP contribution is -2.43. The summed E-state index contributed by atoms with van der Waals surface area (Å²) in [5.74, 6) is 0.744. The van der Waals surface area contributed by atoms with E-state index in [1.165, 1.54) is 5.06 Å². The maximum absolute atomic E-state index is 11.2. The molecule has 0 radical (unpaired) electrons. The minimum atomic E-state index is -0.497. The van der Waals surface area contributed by atoms with Crippen molar-refractivity contribution in [1.29, 1.82) is 0 Å². The highest BCUT2D eigenvalue weighted by Gasteiger charge is 2.23. The summed E-state index contributed by atoms with van der Waals surface area (Å²) in [4.78, 5) is 16.7. The van der Waals surface area contributed by atoms with Gasteiger partial charge in [0.2, 0.25) is 6.41 Å². The molecule has 1 atom stereocenters. The van der Waals surface area contributed by atoms with Gasteiger partial charge in [-0.3, -0.25) is 9.63 Å². The smallest absolute Gasteiger partial charge is 0.233 e. The van der Waals surface area contributed by atoms with Crippen LogP contribution in [-0.2, 0) is 16.1 Å². The van der Waals surface area contributed by atoms with E-state index in [0.29, 0.717) is 12.8 Å². The largest absolute Gasteiger partial charge is 0.497 e. The molecule has 0 aromatic heterocycles. The van der Waals surface area contributed by atoms with Crippen molar-refractivity contribution in [2.75, 3.05) is 13.7 Å². The Morgan fingerprint density at radius 3 is 2.60 bits per heavy atom. The van der Waals surface area contributed by atoms with E-state index in [4.69, 9.17) is 9.57 Å². The van der Waals surface area contributed by atoms with Crippen molar-refractivity contribution in [2.45, 2.75) is 38.8 Å². The monoisotopic (exact) mass is 281 g/mol. The average Bonchev–Trinajstić information content (AvgIpc) is 2.41. The minimum absolute atomic E-state index is 0.175. The molecule has 1 unspecified atom stereocenters. The summed E-state index contributed by atoms with van der Waals surface area (Å²) >= 11 is 0. The van der Waals surface area contributed by atoms with E-state index in [1.54, 1.807) is 7.11 Å². The molecular weight excluding hydrogens is 258 g/mol. The number of carbonyl (C=O) groups is 1. The van der Waals surface area contributed by atoms with Gasteiger partial charge in [-0.15, -0.1) is 0 Å². The minimum Gasteiger partial charge on any atom is -0.497 e. The topological polar surface area (TPSA) is 59.0 Å². The molecule has 0 spiro atoms. The fraction of sp³-hybridized carbons (Fsp3) is 0.533. The molecule has 0 aliphatic rings. The van der Waals surface area contributed by atoms with Gasteiger partial charge < -0.3 is 9.84 Å². The number of methoxy groups -OCH3 is 1. The van der Waals surface area contributed by atoms with E-state index < -0.39 is 11.6 Å². The third-order valence-corrected chi connectivity index (χ3v) is 2.66. The van der Waals surface area contributed by atoms with E-state index in [1.807, 2.05) is 45.0 Å². The van der Waals surface area contributed by atoms with Crippen LogP contribution in [0.4, 0.5) is 0 Å². The normalized spacial score (nSPS) is 12.8. The Bertz CT molecular complexity index is 428. The molecule has 0 aliphatic carbocycles. The van der Waals surface area contributed by atoms with Gasteiger partial charge in [0, 0.05) is 0 Å². The van der Waals surface area contributed by atoms with E-state index in [9.17, 15) is 9.90 Å². The second-order valence-corrected chi connectivity index (χ2v) is 5.56.